The molecular weight excluding hydrogens is 1220 g/mol. The highest BCUT2D eigenvalue weighted by molar-refractivity contribution is 9.10. The van der Waals surface area contributed by atoms with E-state index in [0.717, 1.165) is 15.8 Å². The zero-order chi connectivity index (χ0) is 63.0. The summed E-state index contributed by atoms with van der Waals surface area (Å²) < 4.78 is 8.21. The van der Waals surface area contributed by atoms with Crippen LogP contribution in [0.5, 0.6) is 0 Å². The Labute approximate surface area is 559 Å². The van der Waals surface area contributed by atoms with Gasteiger partial charge in [-0.2, -0.15) is 0 Å². The number of aromatic nitrogens is 4. The summed E-state index contributed by atoms with van der Waals surface area (Å²) in [5.41, 5.74) is 25.7. The molecule has 0 saturated carbocycles. The van der Waals surface area contributed by atoms with Gasteiger partial charge in [0.25, 0.3) is 0 Å². The van der Waals surface area contributed by atoms with Gasteiger partial charge in [0.15, 0.2) is 0 Å². The van der Waals surface area contributed by atoms with Crippen LogP contribution >= 0.6 is 15.9 Å². The van der Waals surface area contributed by atoms with E-state index in [1.165, 1.54) is 138 Å². The third-order valence-electron chi connectivity index (χ3n) is 20.0. The van der Waals surface area contributed by atoms with Gasteiger partial charge in [-0.3, -0.25) is 0 Å². The van der Waals surface area contributed by atoms with Gasteiger partial charge in [0.05, 0.1) is 38.4 Å². The van der Waals surface area contributed by atoms with Crippen LogP contribution < -0.4 is 0 Å². The molecule has 2 aliphatic carbocycles. The summed E-state index contributed by atoms with van der Waals surface area (Å²) >= 11 is 3.71. The van der Waals surface area contributed by atoms with Crippen LogP contribution in [-0.4, -0.2) is 18.7 Å². The summed E-state index contributed by atoms with van der Waals surface area (Å²) in [7, 11) is 0. The number of nitrogens with zero attached hydrogens (tertiary/aromatic N) is 3. The second kappa shape index (κ2) is 22.8. The monoisotopic (exact) mass is 1280 g/mol. The van der Waals surface area contributed by atoms with Crippen molar-refractivity contribution in [3.63, 3.8) is 0 Å². The zero-order valence-electron chi connectivity index (χ0n) is 51.9. The SMILES string of the molecule is Brc1ccc2c(c1)C(c1ccccc1)(c1ccccc1)c1ccccc1-2.c1ccc(-n2ccc3ccc4c5ccccc5[nH]c4c32)cc1.c1ccc(-n2ccc3ccc4c5ccccc5n(-c5ccc6c(c5)C(c5ccccc5)(c5ccccc5)c5ccccc5-6)c4c32)cc1. The third-order valence-corrected chi connectivity index (χ3v) is 20.5. The van der Waals surface area contributed by atoms with Crippen molar-refractivity contribution in [2.75, 3.05) is 0 Å². The molecular formula is C90H61BrN4. The first-order valence-electron chi connectivity index (χ1n) is 32.6. The number of nitrogens with one attached hydrogen (secondary N) is 1. The summed E-state index contributed by atoms with van der Waals surface area (Å²) in [6.45, 7) is 0. The first kappa shape index (κ1) is 56.0. The van der Waals surface area contributed by atoms with Gasteiger partial charge in [-0.15, -0.1) is 0 Å². The van der Waals surface area contributed by atoms with E-state index < -0.39 is 5.41 Å². The molecule has 0 amide bonds. The number of hydrogen-bond donors (Lipinski definition) is 1. The maximum absolute atomic E-state index is 3.71. The number of fused-ring (bicyclic) bond motifs is 16. The molecule has 20 rings (SSSR count). The molecule has 1 N–H and O–H groups in total. The van der Waals surface area contributed by atoms with Crippen LogP contribution in [0.1, 0.15) is 44.5 Å². The summed E-state index contributed by atoms with van der Waals surface area (Å²) in [5, 5.41) is 7.54. The fourth-order valence-corrected chi connectivity index (χ4v) is 16.4. The minimum Gasteiger partial charge on any atom is -0.353 e. The van der Waals surface area contributed by atoms with Crippen LogP contribution in [0.2, 0.25) is 0 Å². The van der Waals surface area contributed by atoms with Crippen molar-refractivity contribution in [3.05, 3.63) is 413 Å². The summed E-state index contributed by atoms with van der Waals surface area (Å²) in [5.74, 6) is 0. The number of para-hydroxylation sites is 4. The largest absolute Gasteiger partial charge is 0.353 e. The molecule has 4 heterocycles. The minimum atomic E-state index is -0.456. The predicted octanol–water partition coefficient (Wildman–Crippen LogP) is 23.2. The molecule has 14 aromatic carbocycles. The second-order valence-corrected chi connectivity index (χ2v) is 25.8. The third kappa shape index (κ3) is 8.73. The molecule has 18 aromatic rings. The van der Waals surface area contributed by atoms with Crippen molar-refractivity contribution < 1.29 is 0 Å². The summed E-state index contributed by atoms with van der Waals surface area (Å²) in [6.07, 6.45) is 4.35. The van der Waals surface area contributed by atoms with E-state index in [1.54, 1.807) is 0 Å². The Morgan fingerprint density at radius 3 is 1.25 bits per heavy atom. The second-order valence-electron chi connectivity index (χ2n) is 24.9. The molecule has 0 unspecified atom stereocenters. The molecule has 0 bridgehead atoms. The Kier molecular flexibility index (Phi) is 13.5. The number of aromatic amines is 1. The molecule has 95 heavy (non-hydrogen) atoms. The number of rotatable bonds is 7. The molecule has 2 aliphatic rings. The Balaban J connectivity index is 0.000000115. The number of hydrogen-bond acceptors (Lipinski definition) is 0. The first-order chi connectivity index (χ1) is 47.1. The molecule has 0 fully saturated rings. The summed E-state index contributed by atoms with van der Waals surface area (Å²) in [4.78, 5) is 3.60. The minimum absolute atomic E-state index is 0.293. The first-order valence-corrected chi connectivity index (χ1v) is 33.4. The molecule has 0 atom stereocenters. The smallest absolute Gasteiger partial charge is 0.0788 e. The number of halogens is 1. The van der Waals surface area contributed by atoms with E-state index in [2.05, 4.69) is 393 Å². The maximum atomic E-state index is 3.71. The molecule has 0 saturated heterocycles. The molecule has 4 aromatic heterocycles. The lowest BCUT2D eigenvalue weighted by Gasteiger charge is -2.34. The van der Waals surface area contributed by atoms with Gasteiger partial charge in [0.1, 0.15) is 0 Å². The highest BCUT2D eigenvalue weighted by atomic mass is 79.9. The standard InChI is InChI=1S/C45H30N2.C25H17Br.C20H14N2/c1-4-14-32(15-5-1)45(33-16-6-2-7-17-33)40-22-12-10-20-36(40)37-27-25-35(30-41(37)45)47-42-23-13-11-21-38(42)39-26-24-31-28-29-46(43(31)44(39)47)34-18-8-3-9-19-34;26-20-15-16-22-21-13-7-8-14-23(21)25(24(22)17-20,18-9-3-1-4-10-18)19-11-5-2-6-12-19;1-2-6-15(7-3-1)22-13-12-14-10-11-17-16-8-4-5-9-18(16)21-19(17)20(14)22/h1-30H;1-17H;1-13,21H. The Bertz CT molecular complexity index is 5830. The van der Waals surface area contributed by atoms with Crippen molar-refractivity contribution in [3.8, 4) is 39.3 Å². The Morgan fingerprint density at radius 2 is 0.695 bits per heavy atom. The average molecular weight is 1280 g/mol. The van der Waals surface area contributed by atoms with Crippen LogP contribution in [0.3, 0.4) is 0 Å². The highest BCUT2D eigenvalue weighted by Crippen LogP contribution is 2.58. The Hall–Kier alpha value is -11.8. The molecule has 448 valence electrons. The van der Waals surface area contributed by atoms with Crippen LogP contribution in [-0.2, 0) is 10.8 Å². The van der Waals surface area contributed by atoms with Crippen molar-refractivity contribution in [2.24, 2.45) is 0 Å². The highest BCUT2D eigenvalue weighted by Gasteiger charge is 2.47. The lowest BCUT2D eigenvalue weighted by Crippen LogP contribution is -2.28. The number of benzene rings is 14. The van der Waals surface area contributed by atoms with E-state index in [9.17, 15) is 0 Å². The predicted molar refractivity (Wildman–Crippen MR) is 399 cm³/mol. The van der Waals surface area contributed by atoms with Gasteiger partial charge in [-0.25, -0.2) is 0 Å². The molecule has 5 heteroatoms. The van der Waals surface area contributed by atoms with E-state index in [0.29, 0.717) is 0 Å². The van der Waals surface area contributed by atoms with Gasteiger partial charge >= 0.3 is 0 Å². The average Bonchev–Trinajstić information content (AvgIpc) is 1.56. The van der Waals surface area contributed by atoms with Gasteiger partial charge in [-0.05, 0) is 140 Å². The van der Waals surface area contributed by atoms with E-state index in [-0.39, 0.29) is 5.41 Å². The fourth-order valence-electron chi connectivity index (χ4n) is 16.1. The van der Waals surface area contributed by atoms with Crippen LogP contribution in [0, 0.1) is 0 Å². The lowest BCUT2D eigenvalue weighted by atomic mass is 9.67. The van der Waals surface area contributed by atoms with Crippen molar-refractivity contribution in [1.29, 1.82) is 0 Å². The molecule has 0 radical (unpaired) electrons. The van der Waals surface area contributed by atoms with Crippen LogP contribution in [0.25, 0.3) is 105 Å². The van der Waals surface area contributed by atoms with Crippen LogP contribution in [0.15, 0.2) is 369 Å². The number of H-pyrrole nitrogens is 1. The Morgan fingerprint density at radius 1 is 0.274 bits per heavy atom. The molecule has 0 spiro atoms. The van der Waals surface area contributed by atoms with E-state index in [4.69, 9.17) is 0 Å². The lowest BCUT2D eigenvalue weighted by molar-refractivity contribution is 0.767. The maximum Gasteiger partial charge on any atom is 0.0788 e. The zero-order valence-corrected chi connectivity index (χ0v) is 53.4. The van der Waals surface area contributed by atoms with Gasteiger partial charge in [-0.1, -0.05) is 295 Å². The van der Waals surface area contributed by atoms with Gasteiger partial charge < -0.3 is 18.7 Å². The quantitative estimate of drug-likeness (QED) is 0.165. The molecule has 0 aliphatic heterocycles. The fraction of sp³-hybridized carbons (Fsp3) is 0.0222. The van der Waals surface area contributed by atoms with E-state index in [1.807, 2.05) is 6.07 Å². The topological polar surface area (TPSA) is 30.6 Å². The van der Waals surface area contributed by atoms with Crippen molar-refractivity contribution >= 4 is 81.3 Å². The van der Waals surface area contributed by atoms with Crippen molar-refractivity contribution in [1.82, 2.24) is 18.7 Å². The van der Waals surface area contributed by atoms with Crippen LogP contribution in [0.4, 0.5) is 0 Å². The van der Waals surface area contributed by atoms with Gasteiger partial charge in [0.2, 0.25) is 0 Å². The molecule has 4 nitrogen and oxygen atoms in total. The normalized spacial score (nSPS) is 13.1. The summed E-state index contributed by atoms with van der Waals surface area (Å²) in [6, 6.07) is 127. The van der Waals surface area contributed by atoms with Crippen molar-refractivity contribution in [2.45, 2.75) is 10.8 Å². The van der Waals surface area contributed by atoms with Gasteiger partial charge in [0, 0.05) is 71.8 Å². The van der Waals surface area contributed by atoms with E-state index >= 15 is 0 Å².